The Morgan fingerprint density at radius 1 is 0.809 bits per heavy atom. The quantitative estimate of drug-likeness (QED) is 0.159. The molecule has 7 nitrogen and oxygen atoms in total. The summed E-state index contributed by atoms with van der Waals surface area (Å²) in [6, 6.07) is 29.8. The lowest BCUT2D eigenvalue weighted by atomic mass is 9.94. The van der Waals surface area contributed by atoms with Crippen LogP contribution in [0.5, 0.6) is 0 Å². The van der Waals surface area contributed by atoms with Crippen LogP contribution >= 0.6 is 31.9 Å². The van der Waals surface area contributed by atoms with Crippen LogP contribution < -0.4 is 9.62 Å². The van der Waals surface area contributed by atoms with Crippen molar-refractivity contribution in [2.24, 2.45) is 0 Å². The lowest BCUT2D eigenvalue weighted by molar-refractivity contribution is -0.140. The first-order chi connectivity index (χ1) is 22.6. The minimum atomic E-state index is -4.16. The minimum absolute atomic E-state index is 0.0410. The number of nitrogens with one attached hydrogen (secondary N) is 1. The smallest absolute Gasteiger partial charge is 0.264 e. The second kappa shape index (κ2) is 16.1. The van der Waals surface area contributed by atoms with Crippen molar-refractivity contribution in [3.8, 4) is 0 Å². The third-order valence-corrected chi connectivity index (χ3v) is 11.3. The number of sulfonamides is 1. The fourth-order valence-corrected chi connectivity index (χ4v) is 7.94. The first-order valence-corrected chi connectivity index (χ1v) is 18.9. The summed E-state index contributed by atoms with van der Waals surface area (Å²) in [4.78, 5) is 30.5. The predicted molar refractivity (Wildman–Crippen MR) is 193 cm³/mol. The molecular formula is C37H39Br2N3O4S. The Balaban J connectivity index is 1.56. The highest BCUT2D eigenvalue weighted by molar-refractivity contribution is 9.10. The van der Waals surface area contributed by atoms with E-state index < -0.39 is 28.5 Å². The van der Waals surface area contributed by atoms with Crippen LogP contribution in [-0.2, 0) is 32.6 Å². The highest BCUT2D eigenvalue weighted by atomic mass is 79.9. The third-order valence-electron chi connectivity index (χ3n) is 8.47. The Morgan fingerprint density at radius 2 is 1.49 bits per heavy atom. The van der Waals surface area contributed by atoms with E-state index in [1.165, 1.54) is 0 Å². The second-order valence-electron chi connectivity index (χ2n) is 12.0. The van der Waals surface area contributed by atoms with Crippen molar-refractivity contribution in [1.82, 2.24) is 10.2 Å². The molecular weight excluding hydrogens is 742 g/mol. The molecule has 0 aromatic heterocycles. The molecule has 47 heavy (non-hydrogen) atoms. The standard InChI is InChI=1S/C37H39Br2N3O4S/c1-27-15-21-34(22-16-27)47(45,46)42(33-14-8-11-31(39)24-33)26-36(43)41(25-29-17-19-30(38)20-18-29)35(23-28-9-4-2-5-10-28)37(44)40-32-12-6-3-7-13-32/h2,4-5,8-11,14-22,24,32,35H,3,6-7,12-13,23,25-26H2,1H3,(H,40,44)/t35-/m1/s1. The van der Waals surface area contributed by atoms with E-state index in [9.17, 15) is 18.0 Å². The van der Waals surface area contributed by atoms with Gasteiger partial charge in [0.05, 0.1) is 10.6 Å². The first kappa shape index (κ1) is 34.9. The zero-order valence-corrected chi connectivity index (χ0v) is 30.3. The summed E-state index contributed by atoms with van der Waals surface area (Å²) in [7, 11) is -4.16. The van der Waals surface area contributed by atoms with Gasteiger partial charge in [0.1, 0.15) is 12.6 Å². The number of carbonyl (C=O) groups excluding carboxylic acids is 2. The number of benzene rings is 4. The fraction of sp³-hybridized carbons (Fsp3) is 0.297. The van der Waals surface area contributed by atoms with Gasteiger partial charge < -0.3 is 10.2 Å². The van der Waals surface area contributed by atoms with Crippen molar-refractivity contribution < 1.29 is 18.0 Å². The Hall–Kier alpha value is -3.47. The number of hydrogen-bond acceptors (Lipinski definition) is 4. The van der Waals surface area contributed by atoms with E-state index in [4.69, 9.17) is 0 Å². The maximum atomic E-state index is 14.7. The number of nitrogens with zero attached hydrogens (tertiary/aromatic N) is 2. The van der Waals surface area contributed by atoms with E-state index >= 15 is 0 Å². The van der Waals surface area contributed by atoms with Gasteiger partial charge >= 0.3 is 0 Å². The van der Waals surface area contributed by atoms with Crippen molar-refractivity contribution in [2.75, 3.05) is 10.8 Å². The largest absolute Gasteiger partial charge is 0.352 e. The van der Waals surface area contributed by atoms with E-state index in [2.05, 4.69) is 37.2 Å². The molecule has 1 aliphatic rings. The van der Waals surface area contributed by atoms with Gasteiger partial charge in [-0.1, -0.05) is 117 Å². The number of rotatable bonds is 12. The molecule has 0 unspecified atom stereocenters. The van der Waals surface area contributed by atoms with Gasteiger partial charge in [0.25, 0.3) is 10.0 Å². The van der Waals surface area contributed by atoms with Crippen molar-refractivity contribution in [3.63, 3.8) is 0 Å². The number of carbonyl (C=O) groups is 2. The third kappa shape index (κ3) is 9.33. The van der Waals surface area contributed by atoms with Gasteiger partial charge in [0.2, 0.25) is 11.8 Å². The molecule has 0 radical (unpaired) electrons. The molecule has 0 heterocycles. The monoisotopic (exact) mass is 779 g/mol. The van der Waals surface area contributed by atoms with Crippen LogP contribution in [0.2, 0.25) is 0 Å². The number of hydrogen-bond donors (Lipinski definition) is 1. The van der Waals surface area contributed by atoms with Crippen molar-refractivity contribution in [2.45, 2.75) is 69.0 Å². The first-order valence-electron chi connectivity index (χ1n) is 15.8. The molecule has 1 saturated carbocycles. The molecule has 246 valence electrons. The summed E-state index contributed by atoms with van der Waals surface area (Å²) in [6.45, 7) is 1.51. The molecule has 1 atom stereocenters. The van der Waals surface area contributed by atoms with Crippen LogP contribution in [0.1, 0.15) is 48.8 Å². The van der Waals surface area contributed by atoms with Gasteiger partial charge in [-0.25, -0.2) is 8.42 Å². The zero-order chi connectivity index (χ0) is 33.4. The van der Waals surface area contributed by atoms with Gasteiger partial charge in [-0.05, 0) is 73.4 Å². The van der Waals surface area contributed by atoms with Crippen LogP contribution in [0, 0.1) is 6.92 Å². The highest BCUT2D eigenvalue weighted by Gasteiger charge is 2.35. The number of halogens is 2. The molecule has 4 aromatic rings. The molecule has 1 N–H and O–H groups in total. The fourth-order valence-electron chi connectivity index (χ4n) is 5.88. The second-order valence-corrected chi connectivity index (χ2v) is 15.7. The maximum absolute atomic E-state index is 14.7. The Labute approximate surface area is 294 Å². The van der Waals surface area contributed by atoms with E-state index in [0.717, 1.165) is 57.6 Å². The summed E-state index contributed by atoms with van der Waals surface area (Å²) in [6.07, 6.45) is 5.33. The van der Waals surface area contributed by atoms with Crippen molar-refractivity contribution >= 4 is 59.4 Å². The van der Waals surface area contributed by atoms with Crippen LogP contribution in [0.3, 0.4) is 0 Å². The number of aryl methyl sites for hydroxylation is 1. The van der Waals surface area contributed by atoms with Gasteiger partial charge in [-0.3, -0.25) is 13.9 Å². The van der Waals surface area contributed by atoms with Crippen LogP contribution in [-0.4, -0.2) is 43.8 Å². The Bertz CT molecular complexity index is 1760. The van der Waals surface area contributed by atoms with Gasteiger partial charge in [0.15, 0.2) is 0 Å². The summed E-state index contributed by atoms with van der Waals surface area (Å²) >= 11 is 6.94. The van der Waals surface area contributed by atoms with E-state index in [1.54, 1.807) is 53.4 Å². The molecule has 1 aliphatic carbocycles. The zero-order valence-electron chi connectivity index (χ0n) is 26.3. The Morgan fingerprint density at radius 3 is 2.15 bits per heavy atom. The summed E-state index contributed by atoms with van der Waals surface area (Å²) in [5.74, 6) is -0.718. The van der Waals surface area contributed by atoms with Crippen LogP contribution in [0.15, 0.2) is 117 Å². The Kier molecular flexibility index (Phi) is 11.9. The molecule has 0 saturated heterocycles. The molecule has 0 aliphatic heterocycles. The van der Waals surface area contributed by atoms with E-state index in [1.807, 2.05) is 61.5 Å². The normalized spacial score (nSPS) is 14.3. The van der Waals surface area contributed by atoms with E-state index in [-0.39, 0.29) is 29.8 Å². The highest BCUT2D eigenvalue weighted by Crippen LogP contribution is 2.28. The van der Waals surface area contributed by atoms with Crippen molar-refractivity contribution in [1.29, 1.82) is 0 Å². The van der Waals surface area contributed by atoms with Crippen LogP contribution in [0.4, 0.5) is 5.69 Å². The average Bonchev–Trinajstić information content (AvgIpc) is 3.07. The summed E-state index contributed by atoms with van der Waals surface area (Å²) < 4.78 is 31.1. The molecule has 0 bridgehead atoms. The SMILES string of the molecule is Cc1ccc(S(=O)(=O)N(CC(=O)N(Cc2ccc(Br)cc2)[C@H](Cc2ccccc2)C(=O)NC2CCCCC2)c2cccc(Br)c2)cc1. The van der Waals surface area contributed by atoms with Gasteiger partial charge in [0, 0.05) is 28.0 Å². The molecule has 1 fully saturated rings. The topological polar surface area (TPSA) is 86.8 Å². The minimum Gasteiger partial charge on any atom is -0.352 e. The van der Waals surface area contributed by atoms with Gasteiger partial charge in [-0.15, -0.1) is 0 Å². The van der Waals surface area contributed by atoms with Crippen LogP contribution in [0.25, 0.3) is 0 Å². The molecule has 2 amide bonds. The molecule has 0 spiro atoms. The average molecular weight is 782 g/mol. The maximum Gasteiger partial charge on any atom is 0.264 e. The predicted octanol–water partition coefficient (Wildman–Crippen LogP) is 7.80. The lowest BCUT2D eigenvalue weighted by Crippen LogP contribution is -2.55. The molecule has 4 aromatic carbocycles. The molecule has 10 heteroatoms. The number of anilines is 1. The summed E-state index contributed by atoms with van der Waals surface area (Å²) in [5.41, 5.74) is 2.98. The van der Waals surface area contributed by atoms with Gasteiger partial charge in [-0.2, -0.15) is 0 Å². The summed E-state index contributed by atoms with van der Waals surface area (Å²) in [5, 5.41) is 3.24. The number of amides is 2. The lowest BCUT2D eigenvalue weighted by Gasteiger charge is -2.35. The molecule has 5 rings (SSSR count). The van der Waals surface area contributed by atoms with E-state index in [0.29, 0.717) is 10.2 Å². The van der Waals surface area contributed by atoms with Crippen molar-refractivity contribution in [3.05, 3.63) is 129 Å².